The molecule has 5 heteroatoms. The van der Waals surface area contributed by atoms with E-state index in [-0.39, 0.29) is 0 Å². The minimum atomic E-state index is -0.446. The van der Waals surface area contributed by atoms with E-state index in [1.54, 1.807) is 6.92 Å². The number of hydrogen-bond donors (Lipinski definition) is 0. The molecular formula is C11H13N3O2. The highest BCUT2D eigenvalue weighted by Gasteiger charge is 2.14. The zero-order valence-electron chi connectivity index (χ0n) is 9.09. The second kappa shape index (κ2) is 5.65. The quantitative estimate of drug-likeness (QED) is 0.439. The summed E-state index contributed by atoms with van der Waals surface area (Å²) < 4.78 is 6.38. The van der Waals surface area contributed by atoms with E-state index >= 15 is 0 Å². The number of carbonyl (C=O) groups excluding carboxylic acids is 1. The fourth-order valence-corrected chi connectivity index (χ4v) is 1.14. The summed E-state index contributed by atoms with van der Waals surface area (Å²) in [4.78, 5) is 19.4. The topological polar surface area (TPSA) is 56.5 Å². The number of nitrogens with zero attached hydrogens (tertiary/aromatic N) is 3. The molecule has 0 aliphatic rings. The molecule has 1 heterocycles. The molecule has 1 aromatic rings. The van der Waals surface area contributed by atoms with Crippen molar-refractivity contribution in [1.29, 1.82) is 0 Å². The maximum Gasteiger partial charge on any atom is 0.357 e. The second-order valence-electron chi connectivity index (χ2n) is 2.74. The summed E-state index contributed by atoms with van der Waals surface area (Å²) in [6.07, 6.45) is 5.76. The van der Waals surface area contributed by atoms with Gasteiger partial charge in [0.2, 0.25) is 0 Å². The molecule has 0 aromatic carbocycles. The highest BCUT2D eigenvalue weighted by Crippen LogP contribution is 2.03. The van der Waals surface area contributed by atoms with Crippen molar-refractivity contribution in [3.05, 3.63) is 43.7 Å². The number of carbonyl (C=O) groups is 1. The summed E-state index contributed by atoms with van der Waals surface area (Å²) in [6, 6.07) is 0. The standard InChI is InChI=1S/C11H13N3O2/c1-4-10(13-5-2)14-8-12-7-9(14)11(15)16-6-3/h4-5,7-8H,1-2,6H2,3H3. The SMILES string of the molecule is C=CN=C(C=C)n1cncc1C(=O)OCC. The van der Waals surface area contributed by atoms with Crippen LogP contribution in [0.4, 0.5) is 0 Å². The molecule has 0 amide bonds. The predicted molar refractivity (Wildman–Crippen MR) is 61.4 cm³/mol. The zero-order chi connectivity index (χ0) is 12.0. The fraction of sp³-hybridized carbons (Fsp3) is 0.182. The third-order valence-corrected chi connectivity index (χ3v) is 1.78. The van der Waals surface area contributed by atoms with Crippen LogP contribution in [0.3, 0.4) is 0 Å². The average molecular weight is 219 g/mol. The summed E-state index contributed by atoms with van der Waals surface area (Å²) in [7, 11) is 0. The van der Waals surface area contributed by atoms with Gasteiger partial charge in [0.15, 0.2) is 5.69 Å². The molecule has 0 saturated carbocycles. The molecule has 0 spiro atoms. The van der Waals surface area contributed by atoms with Crippen molar-refractivity contribution >= 4 is 11.8 Å². The maximum atomic E-state index is 11.6. The number of aromatic nitrogens is 2. The Morgan fingerprint density at radius 2 is 2.44 bits per heavy atom. The first-order chi connectivity index (χ1) is 7.74. The van der Waals surface area contributed by atoms with Crippen molar-refractivity contribution in [3.8, 4) is 0 Å². The van der Waals surface area contributed by atoms with E-state index in [1.807, 2.05) is 0 Å². The van der Waals surface area contributed by atoms with Gasteiger partial charge >= 0.3 is 5.97 Å². The van der Waals surface area contributed by atoms with E-state index in [2.05, 4.69) is 23.1 Å². The molecule has 0 radical (unpaired) electrons. The second-order valence-corrected chi connectivity index (χ2v) is 2.74. The monoisotopic (exact) mass is 219 g/mol. The smallest absolute Gasteiger partial charge is 0.357 e. The van der Waals surface area contributed by atoms with Crippen LogP contribution in [0.5, 0.6) is 0 Å². The molecule has 0 saturated heterocycles. The van der Waals surface area contributed by atoms with Gasteiger partial charge in [-0.15, -0.1) is 0 Å². The highest BCUT2D eigenvalue weighted by atomic mass is 16.5. The number of aliphatic imine (C=N–C) groups is 1. The van der Waals surface area contributed by atoms with Crippen LogP contribution >= 0.6 is 0 Å². The summed E-state index contributed by atoms with van der Waals surface area (Å²) in [6.45, 7) is 9.14. The molecule has 1 aromatic heterocycles. The van der Waals surface area contributed by atoms with Crippen LogP contribution < -0.4 is 0 Å². The lowest BCUT2D eigenvalue weighted by Crippen LogP contribution is -2.16. The van der Waals surface area contributed by atoms with E-state index in [1.165, 1.54) is 29.4 Å². The van der Waals surface area contributed by atoms with Gasteiger partial charge in [0, 0.05) is 6.20 Å². The van der Waals surface area contributed by atoms with Crippen LogP contribution in [-0.2, 0) is 4.74 Å². The van der Waals surface area contributed by atoms with Gasteiger partial charge in [0.25, 0.3) is 0 Å². The van der Waals surface area contributed by atoms with Gasteiger partial charge in [-0.3, -0.25) is 4.57 Å². The van der Waals surface area contributed by atoms with Gasteiger partial charge in [-0.2, -0.15) is 0 Å². The van der Waals surface area contributed by atoms with Crippen LogP contribution in [0.15, 0.2) is 43.0 Å². The molecule has 84 valence electrons. The third-order valence-electron chi connectivity index (χ3n) is 1.78. The summed E-state index contributed by atoms with van der Waals surface area (Å²) in [5, 5.41) is 0. The zero-order valence-corrected chi connectivity index (χ0v) is 9.09. The lowest BCUT2D eigenvalue weighted by Gasteiger charge is -2.06. The lowest BCUT2D eigenvalue weighted by atomic mass is 10.4. The van der Waals surface area contributed by atoms with E-state index in [9.17, 15) is 4.79 Å². The van der Waals surface area contributed by atoms with Crippen molar-refractivity contribution in [2.45, 2.75) is 6.92 Å². The molecule has 0 bridgehead atoms. The van der Waals surface area contributed by atoms with Crippen molar-refractivity contribution in [2.75, 3.05) is 6.61 Å². The van der Waals surface area contributed by atoms with Crippen molar-refractivity contribution in [2.24, 2.45) is 4.99 Å². The van der Waals surface area contributed by atoms with Gasteiger partial charge in [-0.25, -0.2) is 14.8 Å². The Bertz CT molecular complexity index is 432. The fourth-order valence-electron chi connectivity index (χ4n) is 1.14. The van der Waals surface area contributed by atoms with Gasteiger partial charge in [0.1, 0.15) is 12.2 Å². The Labute approximate surface area is 93.8 Å². The molecule has 0 aliphatic heterocycles. The number of rotatable bonds is 4. The predicted octanol–water partition coefficient (Wildman–Crippen LogP) is 1.64. The Hall–Kier alpha value is -2.17. The minimum absolute atomic E-state index is 0.308. The van der Waals surface area contributed by atoms with Crippen LogP contribution in [0.2, 0.25) is 0 Å². The molecule has 0 atom stereocenters. The number of allylic oxidation sites excluding steroid dienone is 1. The van der Waals surface area contributed by atoms with E-state index < -0.39 is 5.97 Å². The molecule has 0 fully saturated rings. The van der Waals surface area contributed by atoms with Gasteiger partial charge in [0.05, 0.1) is 12.8 Å². The molecule has 0 unspecified atom stereocenters. The highest BCUT2D eigenvalue weighted by molar-refractivity contribution is 6.00. The number of esters is 1. The maximum absolute atomic E-state index is 11.6. The molecule has 1 rings (SSSR count). The van der Waals surface area contributed by atoms with E-state index in [0.29, 0.717) is 18.1 Å². The van der Waals surface area contributed by atoms with Crippen molar-refractivity contribution in [3.63, 3.8) is 0 Å². The first-order valence-corrected chi connectivity index (χ1v) is 4.75. The van der Waals surface area contributed by atoms with Crippen LogP contribution in [0.1, 0.15) is 17.4 Å². The normalized spacial score (nSPS) is 10.9. The lowest BCUT2D eigenvalue weighted by molar-refractivity contribution is 0.0518. The Morgan fingerprint density at radius 1 is 1.69 bits per heavy atom. The van der Waals surface area contributed by atoms with E-state index in [0.717, 1.165) is 0 Å². The van der Waals surface area contributed by atoms with Crippen molar-refractivity contribution in [1.82, 2.24) is 9.55 Å². The number of hydrogen-bond acceptors (Lipinski definition) is 4. The number of imidazole rings is 1. The van der Waals surface area contributed by atoms with Gasteiger partial charge in [-0.05, 0) is 13.0 Å². The molecule has 0 N–H and O–H groups in total. The third kappa shape index (κ3) is 2.44. The number of ether oxygens (including phenoxy) is 1. The Morgan fingerprint density at radius 3 is 3.00 bits per heavy atom. The molecule has 5 nitrogen and oxygen atoms in total. The Kier molecular flexibility index (Phi) is 4.20. The molecule has 0 aliphatic carbocycles. The molecular weight excluding hydrogens is 206 g/mol. The minimum Gasteiger partial charge on any atom is -0.461 e. The summed E-state index contributed by atoms with van der Waals surface area (Å²) in [5.41, 5.74) is 0.308. The summed E-state index contributed by atoms with van der Waals surface area (Å²) in [5.74, 6) is 0.0224. The van der Waals surface area contributed by atoms with Crippen LogP contribution in [0.25, 0.3) is 0 Å². The van der Waals surface area contributed by atoms with Crippen LogP contribution in [-0.4, -0.2) is 28.0 Å². The van der Waals surface area contributed by atoms with Gasteiger partial charge in [-0.1, -0.05) is 13.2 Å². The van der Waals surface area contributed by atoms with E-state index in [4.69, 9.17) is 4.74 Å². The van der Waals surface area contributed by atoms with Crippen molar-refractivity contribution < 1.29 is 9.53 Å². The van der Waals surface area contributed by atoms with Gasteiger partial charge < -0.3 is 4.74 Å². The molecule has 16 heavy (non-hydrogen) atoms. The largest absolute Gasteiger partial charge is 0.461 e. The van der Waals surface area contributed by atoms with Crippen LogP contribution in [0, 0.1) is 0 Å². The summed E-state index contributed by atoms with van der Waals surface area (Å²) >= 11 is 0. The first-order valence-electron chi connectivity index (χ1n) is 4.75. The Balaban J connectivity index is 3.10. The first kappa shape index (κ1) is 11.9. The average Bonchev–Trinajstić information content (AvgIpc) is 2.75.